The molecule has 2 aromatic carbocycles. The Balaban J connectivity index is 1.70. The first kappa shape index (κ1) is 20.3. The van der Waals surface area contributed by atoms with Crippen LogP contribution in [0.1, 0.15) is 11.1 Å². The van der Waals surface area contributed by atoms with E-state index in [0.717, 1.165) is 11.3 Å². The van der Waals surface area contributed by atoms with Crippen molar-refractivity contribution in [3.8, 4) is 11.5 Å². The average molecular weight is 387 g/mol. The van der Waals surface area contributed by atoms with E-state index in [1.54, 1.807) is 12.1 Å². The predicted octanol–water partition coefficient (Wildman–Crippen LogP) is 2.53. The van der Waals surface area contributed by atoms with Gasteiger partial charge in [-0.2, -0.15) is 5.10 Å². The van der Waals surface area contributed by atoms with Crippen LogP contribution in [0.4, 0.5) is 5.69 Å². The molecule has 2 amide bonds. The maximum Gasteiger partial charge on any atom is 0.250 e. The number of ether oxygens (including phenoxy) is 1. The van der Waals surface area contributed by atoms with E-state index in [9.17, 15) is 14.7 Å². The summed E-state index contributed by atoms with van der Waals surface area (Å²) in [6.45, 7) is 1.97. The molecule has 0 bridgehead atoms. The molecule has 3 N–H and O–H groups in total. The summed E-state index contributed by atoms with van der Waals surface area (Å²) in [7, 11) is 1.45. The van der Waals surface area contributed by atoms with Gasteiger partial charge in [0.1, 0.15) is 0 Å². The normalized spacial score (nSPS) is 10.6. The Morgan fingerprint density at radius 2 is 1.85 bits per heavy atom. The Labute approximate surface area is 161 Å². The first-order valence-corrected chi connectivity index (χ1v) is 9.26. The second-order valence-corrected chi connectivity index (χ2v) is 6.62. The lowest BCUT2D eigenvalue weighted by molar-refractivity contribution is -0.118. The third-order valence-electron chi connectivity index (χ3n) is 3.41. The summed E-state index contributed by atoms with van der Waals surface area (Å²) in [5, 5.41) is 16.1. The molecule has 2 rings (SSSR count). The number of hydrogen-bond acceptors (Lipinski definition) is 6. The summed E-state index contributed by atoms with van der Waals surface area (Å²) in [4.78, 5) is 23.6. The predicted molar refractivity (Wildman–Crippen MR) is 108 cm³/mol. The Hall–Kier alpha value is -3.00. The number of rotatable bonds is 8. The van der Waals surface area contributed by atoms with Gasteiger partial charge in [0.05, 0.1) is 24.8 Å². The van der Waals surface area contributed by atoms with Crippen LogP contribution in [0.3, 0.4) is 0 Å². The SMILES string of the molecule is COc1cc(C=NNC(=O)CSCC(=O)Nc2ccc(C)cc2)ccc1O. The van der Waals surface area contributed by atoms with Gasteiger partial charge in [-0.15, -0.1) is 11.8 Å². The van der Waals surface area contributed by atoms with Crippen LogP contribution >= 0.6 is 11.8 Å². The molecule has 0 saturated carbocycles. The number of methoxy groups -OCH3 is 1. The Morgan fingerprint density at radius 3 is 2.56 bits per heavy atom. The summed E-state index contributed by atoms with van der Waals surface area (Å²) >= 11 is 1.20. The van der Waals surface area contributed by atoms with Gasteiger partial charge in [-0.05, 0) is 42.8 Å². The van der Waals surface area contributed by atoms with Gasteiger partial charge in [0.2, 0.25) is 11.8 Å². The molecule has 0 saturated heterocycles. The van der Waals surface area contributed by atoms with Gasteiger partial charge >= 0.3 is 0 Å². The first-order valence-electron chi connectivity index (χ1n) is 8.11. The van der Waals surface area contributed by atoms with Crippen LogP contribution < -0.4 is 15.5 Å². The zero-order valence-corrected chi connectivity index (χ0v) is 15.9. The van der Waals surface area contributed by atoms with Crippen molar-refractivity contribution < 1.29 is 19.4 Å². The minimum absolute atomic E-state index is 0.0269. The molecule has 7 nitrogen and oxygen atoms in total. The highest BCUT2D eigenvalue weighted by Crippen LogP contribution is 2.25. The fraction of sp³-hybridized carbons (Fsp3) is 0.211. The van der Waals surface area contributed by atoms with E-state index in [0.29, 0.717) is 11.3 Å². The number of nitrogens with zero attached hydrogens (tertiary/aromatic N) is 1. The van der Waals surface area contributed by atoms with Crippen LogP contribution in [0.5, 0.6) is 11.5 Å². The van der Waals surface area contributed by atoms with Gasteiger partial charge in [-0.1, -0.05) is 17.7 Å². The van der Waals surface area contributed by atoms with Crippen molar-refractivity contribution in [1.29, 1.82) is 0 Å². The van der Waals surface area contributed by atoms with Gasteiger partial charge < -0.3 is 15.2 Å². The van der Waals surface area contributed by atoms with Crippen molar-refractivity contribution in [1.82, 2.24) is 5.43 Å². The monoisotopic (exact) mass is 387 g/mol. The number of carbonyl (C=O) groups is 2. The molecule has 0 spiro atoms. The molecule has 0 fully saturated rings. The second kappa shape index (κ2) is 10.2. The van der Waals surface area contributed by atoms with Crippen molar-refractivity contribution in [2.45, 2.75) is 6.92 Å². The molecule has 0 aliphatic rings. The summed E-state index contributed by atoms with van der Waals surface area (Å²) in [6.07, 6.45) is 1.44. The number of carbonyl (C=O) groups excluding carboxylic acids is 2. The third-order valence-corrected chi connectivity index (χ3v) is 4.34. The summed E-state index contributed by atoms with van der Waals surface area (Å²) in [5.74, 6) is 0.137. The van der Waals surface area contributed by atoms with E-state index in [1.165, 1.54) is 31.2 Å². The fourth-order valence-electron chi connectivity index (χ4n) is 2.06. The van der Waals surface area contributed by atoms with Gasteiger partial charge in [-0.25, -0.2) is 5.43 Å². The lowest BCUT2D eigenvalue weighted by Gasteiger charge is -2.05. The molecular weight excluding hydrogens is 366 g/mol. The van der Waals surface area contributed by atoms with Crippen molar-refractivity contribution >= 4 is 35.5 Å². The molecule has 27 heavy (non-hydrogen) atoms. The van der Waals surface area contributed by atoms with Crippen molar-refractivity contribution in [2.24, 2.45) is 5.10 Å². The van der Waals surface area contributed by atoms with E-state index in [-0.39, 0.29) is 29.1 Å². The molecular formula is C19H21N3O4S. The van der Waals surface area contributed by atoms with Crippen LogP contribution in [-0.2, 0) is 9.59 Å². The summed E-state index contributed by atoms with van der Waals surface area (Å²) in [5.41, 5.74) is 4.89. The number of amides is 2. The number of hydrogen-bond donors (Lipinski definition) is 3. The first-order chi connectivity index (χ1) is 13.0. The minimum atomic E-state index is -0.315. The topological polar surface area (TPSA) is 100 Å². The number of benzene rings is 2. The van der Waals surface area contributed by atoms with Gasteiger partial charge in [-0.3, -0.25) is 9.59 Å². The number of aryl methyl sites for hydroxylation is 1. The minimum Gasteiger partial charge on any atom is -0.504 e. The van der Waals surface area contributed by atoms with Crippen molar-refractivity contribution in [3.05, 3.63) is 53.6 Å². The highest BCUT2D eigenvalue weighted by molar-refractivity contribution is 8.00. The standard InChI is InChI=1S/C19H21N3O4S/c1-13-3-6-15(7-4-13)21-18(24)11-27-12-19(25)22-20-10-14-5-8-16(23)17(9-14)26-2/h3-10,23H,11-12H2,1-2H3,(H,21,24)(H,22,25). The van der Waals surface area contributed by atoms with E-state index in [1.807, 2.05) is 31.2 Å². The Kier molecular flexibility index (Phi) is 7.69. The third kappa shape index (κ3) is 7.02. The quantitative estimate of drug-likeness (QED) is 0.477. The van der Waals surface area contributed by atoms with Crippen LogP contribution in [0.25, 0.3) is 0 Å². The molecule has 0 unspecified atom stereocenters. The number of phenolic OH excluding ortho intramolecular Hbond substituents is 1. The molecule has 0 aliphatic heterocycles. The highest BCUT2D eigenvalue weighted by Gasteiger charge is 2.06. The molecule has 0 atom stereocenters. The van der Waals surface area contributed by atoms with Crippen molar-refractivity contribution in [3.63, 3.8) is 0 Å². The van der Waals surface area contributed by atoms with E-state index in [2.05, 4.69) is 15.8 Å². The van der Waals surface area contributed by atoms with Crippen LogP contribution in [0.2, 0.25) is 0 Å². The zero-order chi connectivity index (χ0) is 19.6. The maximum atomic E-state index is 11.8. The number of hydrazone groups is 1. The molecule has 142 valence electrons. The lowest BCUT2D eigenvalue weighted by Crippen LogP contribution is -2.21. The van der Waals surface area contributed by atoms with Crippen LogP contribution in [0, 0.1) is 6.92 Å². The number of phenols is 1. The van der Waals surface area contributed by atoms with Crippen molar-refractivity contribution in [2.75, 3.05) is 23.9 Å². The number of thioether (sulfide) groups is 1. The average Bonchev–Trinajstić information content (AvgIpc) is 2.65. The van der Waals surface area contributed by atoms with Crippen LogP contribution in [-0.4, -0.2) is 41.8 Å². The largest absolute Gasteiger partial charge is 0.504 e. The number of nitrogens with one attached hydrogen (secondary N) is 2. The molecule has 2 aromatic rings. The molecule has 0 aliphatic carbocycles. The fourth-order valence-corrected chi connectivity index (χ4v) is 2.67. The summed E-state index contributed by atoms with van der Waals surface area (Å²) < 4.78 is 5.00. The van der Waals surface area contributed by atoms with Gasteiger partial charge in [0, 0.05) is 5.69 Å². The lowest BCUT2D eigenvalue weighted by atomic mass is 10.2. The van der Waals surface area contributed by atoms with E-state index < -0.39 is 0 Å². The van der Waals surface area contributed by atoms with Crippen LogP contribution in [0.15, 0.2) is 47.6 Å². The number of anilines is 1. The maximum absolute atomic E-state index is 11.8. The second-order valence-electron chi connectivity index (χ2n) is 5.63. The Morgan fingerprint density at radius 1 is 1.15 bits per heavy atom. The van der Waals surface area contributed by atoms with Gasteiger partial charge in [0.15, 0.2) is 11.5 Å². The molecule has 0 radical (unpaired) electrons. The van der Waals surface area contributed by atoms with E-state index in [4.69, 9.17) is 4.74 Å². The van der Waals surface area contributed by atoms with Gasteiger partial charge in [0.25, 0.3) is 0 Å². The highest BCUT2D eigenvalue weighted by atomic mass is 32.2. The molecule has 8 heteroatoms. The smallest absolute Gasteiger partial charge is 0.250 e. The Bertz CT molecular complexity index is 822. The van der Waals surface area contributed by atoms with E-state index >= 15 is 0 Å². The summed E-state index contributed by atoms with van der Waals surface area (Å²) in [6, 6.07) is 12.2. The number of aromatic hydroxyl groups is 1. The molecule has 0 heterocycles. The molecule has 0 aromatic heterocycles. The zero-order valence-electron chi connectivity index (χ0n) is 15.1.